The first-order valence-electron chi connectivity index (χ1n) is 4.54. The lowest BCUT2D eigenvalue weighted by Crippen LogP contribution is -1.88. The highest BCUT2D eigenvalue weighted by molar-refractivity contribution is 5.64. The molecule has 1 aromatic heterocycles. The van der Waals surface area contributed by atoms with Gasteiger partial charge in [-0.15, -0.1) is 0 Å². The quantitative estimate of drug-likeness (QED) is 0.740. The number of hydrogen-bond acceptors (Lipinski definition) is 2. The maximum Gasteiger partial charge on any atom is 0.123 e. The van der Waals surface area contributed by atoms with Crippen molar-refractivity contribution < 1.29 is 0 Å². The van der Waals surface area contributed by atoms with Crippen LogP contribution in [-0.2, 0) is 0 Å². The molecule has 0 spiro atoms. The predicted octanol–water partition coefficient (Wildman–Crippen LogP) is 2.64. The topological polar surface area (TPSA) is 38.9 Å². The molecule has 2 nitrogen and oxygen atoms in total. The zero-order valence-electron chi connectivity index (χ0n) is 8.07. The van der Waals surface area contributed by atoms with Gasteiger partial charge in [-0.25, -0.2) is 4.98 Å². The highest BCUT2D eigenvalue weighted by atomic mass is 14.8. The second kappa shape index (κ2) is 3.50. The van der Waals surface area contributed by atoms with E-state index in [1.807, 2.05) is 18.2 Å². The number of benzene rings is 1. The molecular weight excluding hydrogens is 172 g/mol. The Hall–Kier alpha value is -1.83. The molecule has 2 heteroatoms. The van der Waals surface area contributed by atoms with Gasteiger partial charge in [0.1, 0.15) is 5.82 Å². The standard InChI is InChI=1S/C12H12N2/c1-9-3-2-4-10(7-9)11-5-6-12(13)14-8-11/h2-8H,1H3,(H2,13,14). The SMILES string of the molecule is Cc1cccc(-c2ccc(N)nc2)c1. The highest BCUT2D eigenvalue weighted by Crippen LogP contribution is 2.19. The number of aromatic nitrogens is 1. The summed E-state index contributed by atoms with van der Waals surface area (Å²) >= 11 is 0. The number of rotatable bonds is 1. The van der Waals surface area contributed by atoms with Gasteiger partial charge in [-0.3, -0.25) is 0 Å². The van der Waals surface area contributed by atoms with Gasteiger partial charge in [-0.2, -0.15) is 0 Å². The number of hydrogen-bond donors (Lipinski definition) is 1. The van der Waals surface area contributed by atoms with Gasteiger partial charge in [0.05, 0.1) is 0 Å². The van der Waals surface area contributed by atoms with Crippen molar-refractivity contribution in [1.82, 2.24) is 4.98 Å². The van der Waals surface area contributed by atoms with E-state index in [-0.39, 0.29) is 0 Å². The molecule has 0 amide bonds. The van der Waals surface area contributed by atoms with Crippen molar-refractivity contribution in [2.45, 2.75) is 6.92 Å². The normalized spacial score (nSPS) is 10.1. The molecule has 0 unspecified atom stereocenters. The Balaban J connectivity index is 2.44. The van der Waals surface area contributed by atoms with E-state index in [9.17, 15) is 0 Å². The molecule has 1 aromatic carbocycles. The number of aryl methyl sites for hydroxylation is 1. The average Bonchev–Trinajstić information content (AvgIpc) is 2.19. The lowest BCUT2D eigenvalue weighted by Gasteiger charge is -2.02. The first kappa shape index (κ1) is 8.75. The Bertz CT molecular complexity index is 432. The van der Waals surface area contributed by atoms with E-state index in [1.54, 1.807) is 6.20 Å². The van der Waals surface area contributed by atoms with Gasteiger partial charge in [0.2, 0.25) is 0 Å². The predicted molar refractivity (Wildman–Crippen MR) is 58.8 cm³/mol. The third kappa shape index (κ3) is 1.74. The molecule has 2 rings (SSSR count). The maximum absolute atomic E-state index is 5.52. The number of nitrogens with two attached hydrogens (primary N) is 1. The lowest BCUT2D eigenvalue weighted by atomic mass is 10.1. The fourth-order valence-corrected chi connectivity index (χ4v) is 1.40. The molecule has 0 aliphatic rings. The summed E-state index contributed by atoms with van der Waals surface area (Å²) in [5.41, 5.74) is 9.05. The molecule has 2 N–H and O–H groups in total. The van der Waals surface area contributed by atoms with E-state index < -0.39 is 0 Å². The third-order valence-electron chi connectivity index (χ3n) is 2.14. The molecule has 0 aliphatic carbocycles. The second-order valence-electron chi connectivity index (χ2n) is 3.34. The van der Waals surface area contributed by atoms with Crippen LogP contribution in [0.5, 0.6) is 0 Å². The van der Waals surface area contributed by atoms with Gasteiger partial charge in [0, 0.05) is 11.8 Å². The van der Waals surface area contributed by atoms with Crippen molar-refractivity contribution in [2.75, 3.05) is 5.73 Å². The Kier molecular flexibility index (Phi) is 2.19. The summed E-state index contributed by atoms with van der Waals surface area (Å²) in [6.45, 7) is 2.08. The van der Waals surface area contributed by atoms with Crippen LogP contribution in [0.25, 0.3) is 11.1 Å². The summed E-state index contributed by atoms with van der Waals surface area (Å²) in [4.78, 5) is 4.06. The zero-order valence-corrected chi connectivity index (χ0v) is 8.07. The lowest BCUT2D eigenvalue weighted by molar-refractivity contribution is 1.33. The van der Waals surface area contributed by atoms with E-state index in [2.05, 4.69) is 30.1 Å². The van der Waals surface area contributed by atoms with Gasteiger partial charge in [0.25, 0.3) is 0 Å². The number of anilines is 1. The minimum Gasteiger partial charge on any atom is -0.384 e. The first-order chi connectivity index (χ1) is 6.75. The molecule has 2 aromatic rings. The van der Waals surface area contributed by atoms with Gasteiger partial charge >= 0.3 is 0 Å². The van der Waals surface area contributed by atoms with Crippen molar-refractivity contribution in [2.24, 2.45) is 0 Å². The smallest absolute Gasteiger partial charge is 0.123 e. The Morgan fingerprint density at radius 1 is 1.07 bits per heavy atom. The first-order valence-corrected chi connectivity index (χ1v) is 4.54. The molecule has 1 heterocycles. The number of nitrogen functional groups attached to an aromatic ring is 1. The Morgan fingerprint density at radius 3 is 2.57 bits per heavy atom. The zero-order chi connectivity index (χ0) is 9.97. The molecule has 0 fully saturated rings. The third-order valence-corrected chi connectivity index (χ3v) is 2.14. The summed E-state index contributed by atoms with van der Waals surface area (Å²) in [5, 5.41) is 0. The van der Waals surface area contributed by atoms with Crippen LogP contribution in [0.2, 0.25) is 0 Å². The number of nitrogens with zero attached hydrogens (tertiary/aromatic N) is 1. The monoisotopic (exact) mass is 184 g/mol. The summed E-state index contributed by atoms with van der Waals surface area (Å²) < 4.78 is 0. The van der Waals surface area contributed by atoms with Crippen LogP contribution in [0, 0.1) is 6.92 Å². The minimum atomic E-state index is 0.557. The van der Waals surface area contributed by atoms with Crippen molar-refractivity contribution in [1.29, 1.82) is 0 Å². The van der Waals surface area contributed by atoms with Crippen LogP contribution in [-0.4, -0.2) is 4.98 Å². The molecule has 0 bridgehead atoms. The van der Waals surface area contributed by atoms with Gasteiger partial charge in [-0.05, 0) is 24.6 Å². The molecule has 14 heavy (non-hydrogen) atoms. The van der Waals surface area contributed by atoms with Crippen molar-refractivity contribution >= 4 is 5.82 Å². The largest absolute Gasteiger partial charge is 0.384 e. The summed E-state index contributed by atoms with van der Waals surface area (Å²) in [7, 11) is 0. The van der Waals surface area contributed by atoms with Gasteiger partial charge in [0.15, 0.2) is 0 Å². The van der Waals surface area contributed by atoms with Crippen molar-refractivity contribution in [3.05, 3.63) is 48.2 Å². The van der Waals surface area contributed by atoms with E-state index in [4.69, 9.17) is 5.73 Å². The van der Waals surface area contributed by atoms with Crippen LogP contribution >= 0.6 is 0 Å². The fraction of sp³-hybridized carbons (Fsp3) is 0.0833. The summed E-state index contributed by atoms with van der Waals surface area (Å²) in [6.07, 6.45) is 1.80. The Morgan fingerprint density at radius 2 is 1.93 bits per heavy atom. The summed E-state index contributed by atoms with van der Waals surface area (Å²) in [6, 6.07) is 12.1. The Labute approximate surface area is 83.4 Å². The fourth-order valence-electron chi connectivity index (χ4n) is 1.40. The molecule has 0 aliphatic heterocycles. The van der Waals surface area contributed by atoms with Crippen LogP contribution in [0.15, 0.2) is 42.6 Å². The molecule has 70 valence electrons. The van der Waals surface area contributed by atoms with Crippen LogP contribution in [0.3, 0.4) is 0 Å². The summed E-state index contributed by atoms with van der Waals surface area (Å²) in [5.74, 6) is 0.557. The minimum absolute atomic E-state index is 0.557. The number of pyridine rings is 1. The molecule has 0 atom stereocenters. The van der Waals surface area contributed by atoms with Crippen LogP contribution in [0.4, 0.5) is 5.82 Å². The maximum atomic E-state index is 5.52. The van der Waals surface area contributed by atoms with Crippen LogP contribution in [0.1, 0.15) is 5.56 Å². The van der Waals surface area contributed by atoms with Crippen molar-refractivity contribution in [3.63, 3.8) is 0 Å². The second-order valence-corrected chi connectivity index (χ2v) is 3.34. The van der Waals surface area contributed by atoms with Crippen LogP contribution < -0.4 is 5.73 Å². The van der Waals surface area contributed by atoms with Crippen molar-refractivity contribution in [3.8, 4) is 11.1 Å². The molecule has 0 radical (unpaired) electrons. The molecule has 0 saturated heterocycles. The highest BCUT2D eigenvalue weighted by Gasteiger charge is 1.97. The molecular formula is C12H12N2. The molecule has 0 saturated carbocycles. The van der Waals surface area contributed by atoms with Gasteiger partial charge in [-0.1, -0.05) is 29.8 Å². The van der Waals surface area contributed by atoms with E-state index >= 15 is 0 Å². The average molecular weight is 184 g/mol. The van der Waals surface area contributed by atoms with Gasteiger partial charge < -0.3 is 5.73 Å². The van der Waals surface area contributed by atoms with E-state index in [0.717, 1.165) is 5.56 Å². The van der Waals surface area contributed by atoms with E-state index in [1.165, 1.54) is 11.1 Å². The van der Waals surface area contributed by atoms with E-state index in [0.29, 0.717) is 5.82 Å².